The van der Waals surface area contributed by atoms with Crippen molar-refractivity contribution in [3.8, 4) is 0 Å². The van der Waals surface area contributed by atoms with Crippen LogP contribution in [0.2, 0.25) is 0 Å². The first kappa shape index (κ1) is 10.6. The molecule has 4 nitrogen and oxygen atoms in total. The summed E-state index contributed by atoms with van der Waals surface area (Å²) in [5, 5.41) is 5.05. The van der Waals surface area contributed by atoms with Gasteiger partial charge in [-0.15, -0.1) is 16.4 Å². The Bertz CT molecular complexity index is 702. The number of esters is 1. The standard InChI is InChI=1S/C11H8N2O2S2/c1-2-15-11(14)9-5-6-8(16-9)4-3-7-10(6)17-13-12-7/h3-5H,2H2,1H3. The molecule has 0 spiro atoms. The Labute approximate surface area is 105 Å². The Morgan fingerprint density at radius 2 is 2.35 bits per heavy atom. The van der Waals surface area contributed by atoms with Crippen LogP contribution < -0.4 is 0 Å². The van der Waals surface area contributed by atoms with E-state index in [1.807, 2.05) is 18.2 Å². The summed E-state index contributed by atoms with van der Waals surface area (Å²) in [6.45, 7) is 2.20. The van der Waals surface area contributed by atoms with Crippen LogP contribution in [-0.4, -0.2) is 22.2 Å². The van der Waals surface area contributed by atoms with Crippen LogP contribution in [0.5, 0.6) is 0 Å². The van der Waals surface area contributed by atoms with Crippen LogP contribution in [-0.2, 0) is 4.74 Å². The third-order valence-electron chi connectivity index (χ3n) is 2.39. The third kappa shape index (κ3) is 1.69. The quantitative estimate of drug-likeness (QED) is 0.667. The first-order valence-electron chi connectivity index (χ1n) is 5.11. The summed E-state index contributed by atoms with van der Waals surface area (Å²) in [5.41, 5.74) is 0.871. The lowest BCUT2D eigenvalue weighted by Gasteiger charge is -1.95. The van der Waals surface area contributed by atoms with E-state index in [0.717, 1.165) is 20.3 Å². The molecule has 2 aromatic heterocycles. The second-order valence-electron chi connectivity index (χ2n) is 3.43. The fourth-order valence-electron chi connectivity index (χ4n) is 1.66. The largest absolute Gasteiger partial charge is 0.462 e. The molecule has 0 saturated heterocycles. The maximum atomic E-state index is 11.6. The van der Waals surface area contributed by atoms with E-state index < -0.39 is 0 Å². The van der Waals surface area contributed by atoms with Crippen molar-refractivity contribution < 1.29 is 9.53 Å². The van der Waals surface area contributed by atoms with Gasteiger partial charge in [-0.3, -0.25) is 0 Å². The van der Waals surface area contributed by atoms with Crippen LogP contribution in [0.15, 0.2) is 18.2 Å². The van der Waals surface area contributed by atoms with Crippen LogP contribution in [0.1, 0.15) is 16.6 Å². The highest BCUT2D eigenvalue weighted by atomic mass is 32.1. The van der Waals surface area contributed by atoms with Crippen molar-refractivity contribution in [2.24, 2.45) is 0 Å². The van der Waals surface area contributed by atoms with Gasteiger partial charge in [0.05, 0.1) is 11.3 Å². The molecular weight excluding hydrogens is 256 g/mol. The van der Waals surface area contributed by atoms with Crippen molar-refractivity contribution in [1.29, 1.82) is 0 Å². The monoisotopic (exact) mass is 264 g/mol. The zero-order valence-electron chi connectivity index (χ0n) is 8.97. The summed E-state index contributed by atoms with van der Waals surface area (Å²) in [4.78, 5) is 12.3. The highest BCUT2D eigenvalue weighted by Gasteiger charge is 2.13. The Balaban J connectivity index is 2.20. The summed E-state index contributed by atoms with van der Waals surface area (Å²) in [7, 11) is 0. The molecule has 2 heterocycles. The molecule has 1 aromatic carbocycles. The van der Waals surface area contributed by atoms with E-state index in [-0.39, 0.29) is 5.97 Å². The van der Waals surface area contributed by atoms with E-state index in [1.54, 1.807) is 6.92 Å². The minimum atomic E-state index is -0.265. The van der Waals surface area contributed by atoms with Crippen LogP contribution in [0, 0.1) is 0 Å². The number of hydrogen-bond acceptors (Lipinski definition) is 6. The number of aromatic nitrogens is 2. The minimum Gasteiger partial charge on any atom is -0.462 e. The maximum absolute atomic E-state index is 11.6. The molecule has 3 aromatic rings. The predicted molar refractivity (Wildman–Crippen MR) is 68.8 cm³/mol. The van der Waals surface area contributed by atoms with Crippen molar-refractivity contribution in [2.75, 3.05) is 6.61 Å². The second-order valence-corrected chi connectivity index (χ2v) is 5.27. The number of thiophene rings is 1. The average molecular weight is 264 g/mol. The Morgan fingerprint density at radius 3 is 3.18 bits per heavy atom. The molecular formula is C11H8N2O2S2. The van der Waals surface area contributed by atoms with E-state index in [1.165, 1.54) is 22.9 Å². The van der Waals surface area contributed by atoms with E-state index in [2.05, 4.69) is 9.59 Å². The van der Waals surface area contributed by atoms with Crippen molar-refractivity contribution in [2.45, 2.75) is 6.92 Å². The summed E-state index contributed by atoms with van der Waals surface area (Å²) in [6, 6.07) is 5.75. The Hall–Kier alpha value is -1.53. The van der Waals surface area contributed by atoms with Gasteiger partial charge in [0.2, 0.25) is 0 Å². The molecule has 0 atom stereocenters. The topological polar surface area (TPSA) is 52.1 Å². The van der Waals surface area contributed by atoms with Crippen LogP contribution in [0.25, 0.3) is 20.3 Å². The molecule has 6 heteroatoms. The van der Waals surface area contributed by atoms with Gasteiger partial charge in [-0.2, -0.15) is 0 Å². The van der Waals surface area contributed by atoms with Crippen molar-refractivity contribution in [3.05, 3.63) is 23.1 Å². The molecule has 0 saturated carbocycles. The van der Waals surface area contributed by atoms with E-state index in [9.17, 15) is 4.79 Å². The fourth-order valence-corrected chi connectivity index (χ4v) is 3.37. The summed E-state index contributed by atoms with van der Waals surface area (Å²) < 4.78 is 11.0. The Kier molecular flexibility index (Phi) is 2.53. The molecule has 0 N–H and O–H groups in total. The van der Waals surface area contributed by atoms with E-state index in [0.29, 0.717) is 11.5 Å². The lowest BCUT2D eigenvalue weighted by Crippen LogP contribution is -2.01. The first-order chi connectivity index (χ1) is 8.29. The number of fused-ring (bicyclic) bond motifs is 3. The molecule has 0 aliphatic rings. The van der Waals surface area contributed by atoms with Gasteiger partial charge in [0.1, 0.15) is 10.4 Å². The van der Waals surface area contributed by atoms with Crippen molar-refractivity contribution in [1.82, 2.24) is 9.59 Å². The van der Waals surface area contributed by atoms with Crippen LogP contribution in [0.3, 0.4) is 0 Å². The molecule has 0 aliphatic heterocycles. The molecule has 3 rings (SSSR count). The average Bonchev–Trinajstić information content (AvgIpc) is 2.94. The molecule has 0 radical (unpaired) electrons. The van der Waals surface area contributed by atoms with Gasteiger partial charge in [0.25, 0.3) is 0 Å². The number of nitrogens with zero attached hydrogens (tertiary/aromatic N) is 2. The SMILES string of the molecule is CCOC(=O)c1cc2c(ccc3nnsc32)s1. The lowest BCUT2D eigenvalue weighted by molar-refractivity contribution is 0.0532. The molecule has 0 amide bonds. The summed E-state index contributed by atoms with van der Waals surface area (Å²) in [6.07, 6.45) is 0. The molecule has 0 unspecified atom stereocenters. The maximum Gasteiger partial charge on any atom is 0.348 e. The summed E-state index contributed by atoms with van der Waals surface area (Å²) >= 11 is 2.79. The molecule has 0 aliphatic carbocycles. The zero-order valence-corrected chi connectivity index (χ0v) is 10.6. The van der Waals surface area contributed by atoms with Crippen LogP contribution >= 0.6 is 22.9 Å². The molecule has 17 heavy (non-hydrogen) atoms. The first-order valence-corrected chi connectivity index (χ1v) is 6.70. The van der Waals surface area contributed by atoms with Gasteiger partial charge in [0, 0.05) is 10.1 Å². The second kappa shape index (κ2) is 4.05. The molecule has 0 bridgehead atoms. The Morgan fingerprint density at radius 1 is 1.47 bits per heavy atom. The molecule has 0 fully saturated rings. The number of benzene rings is 1. The van der Waals surface area contributed by atoms with Gasteiger partial charge >= 0.3 is 5.97 Å². The van der Waals surface area contributed by atoms with Gasteiger partial charge in [-0.1, -0.05) is 4.49 Å². The normalized spacial score (nSPS) is 11.1. The predicted octanol–water partition coefficient (Wildman–Crippen LogP) is 3.08. The van der Waals surface area contributed by atoms with Gasteiger partial charge in [0.15, 0.2) is 0 Å². The highest BCUT2D eigenvalue weighted by molar-refractivity contribution is 7.22. The summed E-state index contributed by atoms with van der Waals surface area (Å²) in [5.74, 6) is -0.265. The smallest absolute Gasteiger partial charge is 0.348 e. The van der Waals surface area contributed by atoms with Gasteiger partial charge < -0.3 is 4.74 Å². The zero-order chi connectivity index (χ0) is 11.8. The minimum absolute atomic E-state index is 0.265. The van der Waals surface area contributed by atoms with Gasteiger partial charge in [-0.25, -0.2) is 4.79 Å². The number of carbonyl (C=O) groups excluding carboxylic acids is 1. The molecule has 86 valence electrons. The van der Waals surface area contributed by atoms with Crippen molar-refractivity contribution >= 4 is 49.1 Å². The van der Waals surface area contributed by atoms with E-state index >= 15 is 0 Å². The highest BCUT2D eigenvalue weighted by Crippen LogP contribution is 2.33. The number of ether oxygens (including phenoxy) is 1. The fraction of sp³-hybridized carbons (Fsp3) is 0.182. The van der Waals surface area contributed by atoms with E-state index in [4.69, 9.17) is 4.74 Å². The number of hydrogen-bond donors (Lipinski definition) is 0. The number of rotatable bonds is 2. The number of carbonyl (C=O) groups is 1. The van der Waals surface area contributed by atoms with Gasteiger partial charge in [-0.05, 0) is 36.7 Å². The van der Waals surface area contributed by atoms with Crippen LogP contribution in [0.4, 0.5) is 0 Å². The lowest BCUT2D eigenvalue weighted by atomic mass is 10.2. The third-order valence-corrected chi connectivity index (χ3v) is 4.24. The van der Waals surface area contributed by atoms with Crippen molar-refractivity contribution in [3.63, 3.8) is 0 Å².